The van der Waals surface area contributed by atoms with Gasteiger partial charge in [-0.15, -0.1) is 0 Å². The summed E-state index contributed by atoms with van der Waals surface area (Å²) in [6, 6.07) is 8.95. The number of rotatable bonds is 4. The number of hydrogen-bond acceptors (Lipinski definition) is 6. The van der Waals surface area contributed by atoms with E-state index >= 15 is 0 Å². The van der Waals surface area contributed by atoms with Crippen molar-refractivity contribution in [1.82, 2.24) is 9.94 Å². The molecule has 0 aliphatic rings. The van der Waals surface area contributed by atoms with Crippen LogP contribution >= 0.6 is 0 Å². The first-order valence-corrected chi connectivity index (χ1v) is 7.12. The third-order valence-electron chi connectivity index (χ3n) is 2.32. The Morgan fingerprint density at radius 1 is 1.26 bits per heavy atom. The number of benzene rings is 1. The van der Waals surface area contributed by atoms with Gasteiger partial charge in [-0.3, -0.25) is 0 Å². The molecule has 1 heterocycles. The van der Waals surface area contributed by atoms with Crippen molar-refractivity contribution in [3.8, 4) is 17.0 Å². The van der Waals surface area contributed by atoms with Crippen LogP contribution in [-0.4, -0.2) is 31.7 Å². The molecule has 19 heavy (non-hydrogen) atoms. The highest BCUT2D eigenvalue weighted by molar-refractivity contribution is 7.86. The van der Waals surface area contributed by atoms with E-state index in [1.165, 1.54) is 7.11 Å². The maximum atomic E-state index is 11.2. The molecule has 2 aromatic rings. The molecule has 0 unspecified atom stereocenters. The fraction of sp³-hybridized carbons (Fsp3) is 0.182. The summed E-state index contributed by atoms with van der Waals surface area (Å²) < 4.78 is 27.3. The van der Waals surface area contributed by atoms with Crippen LogP contribution in [-0.2, 0) is 10.1 Å². The van der Waals surface area contributed by atoms with Crippen LogP contribution in [0.25, 0.3) is 11.1 Å². The first-order valence-electron chi connectivity index (χ1n) is 5.30. The number of nitrogens with zero attached hydrogens (tertiary/aromatic N) is 2. The zero-order chi connectivity index (χ0) is 14.0. The van der Waals surface area contributed by atoms with Gasteiger partial charge in [-0.2, -0.15) is 8.42 Å². The second-order valence-electron chi connectivity index (χ2n) is 3.77. The first kappa shape index (κ1) is 13.2. The summed E-state index contributed by atoms with van der Waals surface area (Å²) in [5.41, 5.74) is 6.92. The van der Waals surface area contributed by atoms with E-state index in [0.717, 1.165) is 11.1 Å². The van der Waals surface area contributed by atoms with E-state index in [-0.39, 0.29) is 11.7 Å². The van der Waals surface area contributed by atoms with Crippen LogP contribution < -0.4 is 14.8 Å². The summed E-state index contributed by atoms with van der Waals surface area (Å²) in [4.78, 5) is 5.91. The molecule has 2 rings (SSSR count). The van der Waals surface area contributed by atoms with Crippen LogP contribution in [0.3, 0.4) is 0 Å². The lowest BCUT2D eigenvalue weighted by molar-refractivity contribution is 0.137. The summed E-state index contributed by atoms with van der Waals surface area (Å²) in [6.07, 6.45) is 0.934. The Morgan fingerprint density at radius 3 is 2.42 bits per heavy atom. The second-order valence-corrected chi connectivity index (χ2v) is 5.35. The minimum Gasteiger partial charge on any atom is -0.398 e. The quantitative estimate of drug-likeness (QED) is 0.822. The zero-order valence-corrected chi connectivity index (χ0v) is 11.2. The Balaban J connectivity index is 2.61. The van der Waals surface area contributed by atoms with Crippen LogP contribution in [0.5, 0.6) is 5.88 Å². The highest BCUT2D eigenvalue weighted by atomic mass is 32.2. The summed E-state index contributed by atoms with van der Waals surface area (Å²) in [5.74, 6) is 0.0420. The first-order chi connectivity index (χ1) is 8.92. The van der Waals surface area contributed by atoms with Crippen molar-refractivity contribution in [2.75, 3.05) is 19.1 Å². The van der Waals surface area contributed by atoms with Gasteiger partial charge >= 0.3 is 10.1 Å². The van der Waals surface area contributed by atoms with Crippen molar-refractivity contribution in [3.63, 3.8) is 0 Å². The third-order valence-corrected chi connectivity index (χ3v) is 2.78. The summed E-state index contributed by atoms with van der Waals surface area (Å²) in [6.45, 7) is 0. The maximum absolute atomic E-state index is 11.2. The summed E-state index contributed by atoms with van der Waals surface area (Å²) in [5, 5.41) is 3.86. The number of aromatic nitrogens is 2. The van der Waals surface area contributed by atoms with E-state index in [2.05, 4.69) is 5.10 Å². The second kappa shape index (κ2) is 4.81. The average molecular weight is 283 g/mol. The zero-order valence-electron chi connectivity index (χ0n) is 10.4. The standard InChI is InChI=1S/C11H13N3O4S/c1-17-14-10(12)9(8-6-4-3-5-7-8)11(13-14)18-19(2,15)16/h3-7H,12H2,1-2H3. The highest BCUT2D eigenvalue weighted by Crippen LogP contribution is 2.34. The molecular formula is C11H13N3O4S. The molecular weight excluding hydrogens is 270 g/mol. The van der Waals surface area contributed by atoms with Crippen molar-refractivity contribution < 1.29 is 17.4 Å². The normalized spacial score (nSPS) is 11.3. The van der Waals surface area contributed by atoms with Gasteiger partial charge in [0.25, 0.3) is 5.88 Å². The molecule has 0 aliphatic heterocycles. The van der Waals surface area contributed by atoms with Crippen LogP contribution in [0.4, 0.5) is 5.82 Å². The Labute approximate surface area is 110 Å². The van der Waals surface area contributed by atoms with Crippen LogP contribution in [0.1, 0.15) is 0 Å². The molecule has 8 heteroatoms. The lowest BCUT2D eigenvalue weighted by atomic mass is 10.1. The van der Waals surface area contributed by atoms with Crippen LogP contribution in [0.2, 0.25) is 0 Å². The van der Waals surface area contributed by atoms with E-state index in [9.17, 15) is 8.42 Å². The van der Waals surface area contributed by atoms with Gasteiger partial charge in [-0.25, -0.2) is 0 Å². The van der Waals surface area contributed by atoms with E-state index < -0.39 is 10.1 Å². The van der Waals surface area contributed by atoms with Gasteiger partial charge in [-0.1, -0.05) is 40.3 Å². The van der Waals surface area contributed by atoms with Gasteiger partial charge < -0.3 is 14.8 Å². The molecule has 0 amide bonds. The Kier molecular flexibility index (Phi) is 3.34. The predicted molar refractivity (Wildman–Crippen MR) is 70.1 cm³/mol. The Morgan fingerprint density at radius 2 is 1.89 bits per heavy atom. The molecule has 102 valence electrons. The Hall–Kier alpha value is -2.22. The monoisotopic (exact) mass is 283 g/mol. The molecule has 1 aromatic carbocycles. The van der Waals surface area contributed by atoms with Gasteiger partial charge in [0, 0.05) is 0 Å². The van der Waals surface area contributed by atoms with Crippen molar-refractivity contribution in [2.24, 2.45) is 0 Å². The van der Waals surface area contributed by atoms with E-state index in [4.69, 9.17) is 14.8 Å². The largest absolute Gasteiger partial charge is 0.398 e. The smallest absolute Gasteiger partial charge is 0.307 e. The molecule has 0 saturated heterocycles. The van der Waals surface area contributed by atoms with Gasteiger partial charge in [0.05, 0.1) is 11.8 Å². The highest BCUT2D eigenvalue weighted by Gasteiger charge is 2.22. The molecule has 0 atom stereocenters. The van der Waals surface area contributed by atoms with Gasteiger partial charge in [0.15, 0.2) is 5.82 Å². The van der Waals surface area contributed by atoms with Crippen molar-refractivity contribution >= 4 is 15.9 Å². The summed E-state index contributed by atoms with van der Waals surface area (Å²) >= 11 is 0. The molecule has 7 nitrogen and oxygen atoms in total. The van der Waals surface area contributed by atoms with Crippen molar-refractivity contribution in [2.45, 2.75) is 0 Å². The minimum atomic E-state index is -3.71. The van der Waals surface area contributed by atoms with Crippen LogP contribution in [0, 0.1) is 0 Å². The van der Waals surface area contributed by atoms with Gasteiger partial charge in [-0.05, 0) is 5.56 Å². The Bertz CT molecular complexity index is 679. The van der Waals surface area contributed by atoms with Crippen molar-refractivity contribution in [1.29, 1.82) is 0 Å². The number of nitrogen functional groups attached to an aromatic ring is 1. The minimum absolute atomic E-state index is 0.118. The number of hydrogen-bond donors (Lipinski definition) is 1. The lowest BCUT2D eigenvalue weighted by Gasteiger charge is -2.03. The van der Waals surface area contributed by atoms with E-state index in [1.807, 2.05) is 6.07 Å². The number of anilines is 1. The molecule has 0 radical (unpaired) electrons. The molecule has 0 bridgehead atoms. The molecule has 0 spiro atoms. The van der Waals surface area contributed by atoms with E-state index in [1.54, 1.807) is 24.3 Å². The predicted octanol–water partition coefficient (Wildman–Crippen LogP) is 0.529. The van der Waals surface area contributed by atoms with Gasteiger partial charge in [0.2, 0.25) is 0 Å². The number of nitrogens with two attached hydrogens (primary N) is 1. The average Bonchev–Trinajstić information content (AvgIpc) is 2.64. The fourth-order valence-corrected chi connectivity index (χ4v) is 2.01. The molecule has 0 fully saturated rings. The maximum Gasteiger partial charge on any atom is 0.307 e. The third kappa shape index (κ3) is 2.79. The van der Waals surface area contributed by atoms with Crippen LogP contribution in [0.15, 0.2) is 30.3 Å². The molecule has 1 aromatic heterocycles. The van der Waals surface area contributed by atoms with Crippen molar-refractivity contribution in [3.05, 3.63) is 30.3 Å². The topological polar surface area (TPSA) is 96.4 Å². The van der Waals surface area contributed by atoms with Gasteiger partial charge in [0.1, 0.15) is 7.11 Å². The fourth-order valence-electron chi connectivity index (χ4n) is 1.61. The molecule has 0 aliphatic carbocycles. The molecule has 0 saturated carbocycles. The lowest BCUT2D eigenvalue weighted by Crippen LogP contribution is -2.11. The van der Waals surface area contributed by atoms with E-state index in [0.29, 0.717) is 11.1 Å². The molecule has 2 N–H and O–H groups in total. The summed E-state index contributed by atoms with van der Waals surface area (Å²) in [7, 11) is -2.34. The SMILES string of the molecule is COn1nc(OS(C)(=O)=O)c(-c2ccccc2)c1N.